The summed E-state index contributed by atoms with van der Waals surface area (Å²) < 4.78 is 82.6. The molecule has 9 nitrogen and oxygen atoms in total. The molecule has 0 aliphatic carbocycles. The molecule has 0 aromatic rings. The van der Waals surface area contributed by atoms with Gasteiger partial charge in [-0.25, -0.2) is 22.8 Å². The Morgan fingerprint density at radius 2 is 1.44 bits per heavy atom. The molecule has 3 N–H and O–H groups in total. The molecule has 39 heavy (non-hydrogen) atoms. The molecule has 0 saturated carbocycles. The summed E-state index contributed by atoms with van der Waals surface area (Å²) in [4.78, 5) is 31.7. The number of carbonyl (C=O) groups is 3. The second-order valence-electron chi connectivity index (χ2n) is 8.59. The summed E-state index contributed by atoms with van der Waals surface area (Å²) in [5.74, 6) is -8.97. The molecule has 226 valence electrons. The fraction of sp³-hybridized carbons (Fsp3) is 0.640. The van der Waals surface area contributed by atoms with Gasteiger partial charge in [0.05, 0.1) is 18.8 Å². The molecule has 0 heterocycles. The van der Waals surface area contributed by atoms with Crippen molar-refractivity contribution >= 4 is 27.9 Å². The Morgan fingerprint density at radius 3 is 1.95 bits per heavy atom. The molecule has 0 aromatic carbocycles. The number of unbranched alkanes of at least 4 members (excludes halogenated alkanes) is 6. The van der Waals surface area contributed by atoms with Crippen LogP contribution in [-0.4, -0.2) is 60.9 Å². The highest BCUT2D eigenvalue weighted by atomic mass is 32.2. The maximum Gasteiger partial charge on any atom is 0.377 e. The third kappa shape index (κ3) is 19.0. The largest absolute Gasteiger partial charge is 0.478 e. The van der Waals surface area contributed by atoms with Gasteiger partial charge in [0.15, 0.2) is 0 Å². The number of halogens is 4. The van der Waals surface area contributed by atoms with E-state index in [0.717, 1.165) is 44.6 Å². The van der Waals surface area contributed by atoms with Crippen LogP contribution in [0.3, 0.4) is 0 Å². The van der Waals surface area contributed by atoms with Gasteiger partial charge < -0.3 is 14.9 Å². The molecule has 0 aliphatic rings. The highest BCUT2D eigenvalue weighted by Gasteiger charge is 2.58. The molecule has 0 bridgehead atoms. The first-order valence-corrected chi connectivity index (χ1v) is 14.0. The first-order chi connectivity index (χ1) is 17.9. The van der Waals surface area contributed by atoms with Gasteiger partial charge in [0.25, 0.3) is 0 Å². The molecule has 0 aliphatic heterocycles. The molecular formula is C25H39F4NO8S. The highest BCUT2D eigenvalue weighted by molar-refractivity contribution is 7.89. The molecule has 0 amide bonds. The van der Waals surface area contributed by atoms with E-state index in [1.807, 2.05) is 13.8 Å². The highest BCUT2D eigenvalue weighted by Crippen LogP contribution is 2.37. The van der Waals surface area contributed by atoms with Gasteiger partial charge in [-0.2, -0.15) is 17.6 Å². The minimum absolute atomic E-state index is 0.0720. The fourth-order valence-corrected chi connectivity index (χ4v) is 3.87. The standard InChI is InChI=1S/C14H23F4NO4S.C11H16O4/c1-3-4-5-6-7-8-9-24(22,23)19-14(17,18)13(15,16)10-11(2)12(20)21;1-3-4-8-15-11(14)9(2)6-5-7-10(12)13/h19H,2-10H2,1H3,(H,20,21);5,7H,2-4,6,8H2,1H3,(H,12,13). The third-order valence-electron chi connectivity index (χ3n) is 4.89. The van der Waals surface area contributed by atoms with E-state index >= 15 is 0 Å². The molecule has 0 radical (unpaired) electrons. The number of carboxylic acid groups (broad SMARTS) is 2. The second kappa shape index (κ2) is 19.3. The number of nitrogens with one attached hydrogen (secondary N) is 1. The smallest absolute Gasteiger partial charge is 0.377 e. The van der Waals surface area contributed by atoms with Crippen LogP contribution in [0.15, 0.2) is 36.5 Å². The molecule has 0 rings (SSSR count). The van der Waals surface area contributed by atoms with Crippen LogP contribution in [0.5, 0.6) is 0 Å². The van der Waals surface area contributed by atoms with Gasteiger partial charge >= 0.3 is 29.9 Å². The fourth-order valence-electron chi connectivity index (χ4n) is 2.64. The zero-order chi connectivity index (χ0) is 30.7. The van der Waals surface area contributed by atoms with Gasteiger partial charge in [0, 0.05) is 17.2 Å². The topological polar surface area (TPSA) is 147 Å². The number of rotatable bonds is 20. The number of esters is 1. The molecule has 14 heteroatoms. The van der Waals surface area contributed by atoms with Crippen molar-refractivity contribution in [2.45, 2.75) is 90.0 Å². The van der Waals surface area contributed by atoms with E-state index in [9.17, 15) is 40.4 Å². The Labute approximate surface area is 227 Å². The van der Waals surface area contributed by atoms with Crippen LogP contribution in [0.25, 0.3) is 0 Å². The van der Waals surface area contributed by atoms with Crippen LogP contribution in [-0.2, 0) is 29.1 Å². The van der Waals surface area contributed by atoms with Crippen molar-refractivity contribution in [2.75, 3.05) is 12.4 Å². The first kappa shape index (κ1) is 38.4. The number of hydrogen-bond acceptors (Lipinski definition) is 6. The lowest BCUT2D eigenvalue weighted by Gasteiger charge is -2.26. The monoisotopic (exact) mass is 589 g/mol. The predicted molar refractivity (Wildman–Crippen MR) is 138 cm³/mol. The van der Waals surface area contributed by atoms with Crippen LogP contribution >= 0.6 is 0 Å². The van der Waals surface area contributed by atoms with Crippen LogP contribution in [0.1, 0.15) is 78.1 Å². The maximum absolute atomic E-state index is 13.5. The first-order valence-electron chi connectivity index (χ1n) is 12.3. The van der Waals surface area contributed by atoms with Gasteiger partial charge in [-0.05, 0) is 19.3 Å². The average Bonchev–Trinajstić information content (AvgIpc) is 2.80. The van der Waals surface area contributed by atoms with Crippen molar-refractivity contribution < 1.29 is 55.3 Å². The quantitative estimate of drug-likeness (QED) is 0.0559. The van der Waals surface area contributed by atoms with E-state index in [-0.39, 0.29) is 18.4 Å². The summed E-state index contributed by atoms with van der Waals surface area (Å²) in [5, 5.41) is 16.7. The Kier molecular flexibility index (Phi) is 19.0. The molecule has 0 atom stereocenters. The third-order valence-corrected chi connectivity index (χ3v) is 6.29. The van der Waals surface area contributed by atoms with Crippen molar-refractivity contribution in [1.82, 2.24) is 4.72 Å². The van der Waals surface area contributed by atoms with Crippen LogP contribution in [0.2, 0.25) is 0 Å². The lowest BCUT2D eigenvalue weighted by atomic mass is 10.1. The number of sulfonamides is 1. The second-order valence-corrected chi connectivity index (χ2v) is 10.4. The van der Waals surface area contributed by atoms with Gasteiger partial charge in [-0.1, -0.05) is 71.6 Å². The summed E-state index contributed by atoms with van der Waals surface area (Å²) in [5.41, 5.74) is -0.876. The summed E-state index contributed by atoms with van der Waals surface area (Å²) in [6, 6.07) is -5.10. The van der Waals surface area contributed by atoms with Crippen molar-refractivity contribution in [3.05, 3.63) is 36.5 Å². The lowest BCUT2D eigenvalue weighted by Crippen LogP contribution is -2.54. The number of hydrogen-bond donors (Lipinski definition) is 3. The number of carbonyl (C=O) groups excluding carboxylic acids is 1. The summed E-state index contributed by atoms with van der Waals surface area (Å²) in [6.45, 7) is 10.6. The van der Waals surface area contributed by atoms with E-state index in [0.29, 0.717) is 17.7 Å². The molecule has 0 fully saturated rings. The van der Waals surface area contributed by atoms with E-state index < -0.39 is 57.6 Å². The van der Waals surface area contributed by atoms with Crippen molar-refractivity contribution in [1.29, 1.82) is 0 Å². The molecule has 0 unspecified atom stereocenters. The van der Waals surface area contributed by atoms with Crippen LogP contribution < -0.4 is 4.72 Å². The maximum atomic E-state index is 13.5. The summed E-state index contributed by atoms with van der Waals surface area (Å²) in [7, 11) is -4.63. The minimum atomic E-state index is -5.10. The minimum Gasteiger partial charge on any atom is -0.478 e. The summed E-state index contributed by atoms with van der Waals surface area (Å²) in [6.07, 6.45) is 6.60. The predicted octanol–water partition coefficient (Wildman–Crippen LogP) is 5.44. The Hall–Kier alpha value is -2.74. The zero-order valence-electron chi connectivity index (χ0n) is 22.3. The number of carboxylic acids is 2. The Balaban J connectivity index is 0. The average molecular weight is 590 g/mol. The van der Waals surface area contributed by atoms with Gasteiger partial charge in [0.1, 0.15) is 0 Å². The lowest BCUT2D eigenvalue weighted by molar-refractivity contribution is -0.214. The van der Waals surface area contributed by atoms with Gasteiger partial charge in [-0.15, -0.1) is 4.72 Å². The SMILES string of the molecule is C=C(CC(F)(F)C(F)(F)NS(=O)(=O)CCCCCCCC)C(=O)O.C=C(CC=CC(=O)O)C(=O)OCCCC. The molecule has 0 aromatic heterocycles. The van der Waals surface area contributed by atoms with E-state index in [2.05, 4.69) is 13.2 Å². The number of ether oxygens (including phenoxy) is 1. The van der Waals surface area contributed by atoms with Crippen molar-refractivity contribution in [3.8, 4) is 0 Å². The van der Waals surface area contributed by atoms with E-state index in [1.54, 1.807) is 0 Å². The van der Waals surface area contributed by atoms with Gasteiger partial charge in [-0.3, -0.25) is 0 Å². The van der Waals surface area contributed by atoms with Crippen molar-refractivity contribution in [3.63, 3.8) is 0 Å². The van der Waals surface area contributed by atoms with E-state index in [4.69, 9.17) is 14.9 Å². The van der Waals surface area contributed by atoms with E-state index in [1.165, 1.54) is 6.08 Å². The molecule has 0 spiro atoms. The Bertz CT molecular complexity index is 950. The molecular weight excluding hydrogens is 550 g/mol. The van der Waals surface area contributed by atoms with Crippen LogP contribution in [0, 0.1) is 0 Å². The molecule has 0 saturated heterocycles. The zero-order valence-corrected chi connectivity index (χ0v) is 23.1. The number of aliphatic carboxylic acids is 2. The number of alkyl halides is 4. The normalized spacial score (nSPS) is 11.9. The van der Waals surface area contributed by atoms with Crippen LogP contribution in [0.4, 0.5) is 17.6 Å². The summed E-state index contributed by atoms with van der Waals surface area (Å²) >= 11 is 0. The Morgan fingerprint density at radius 1 is 0.897 bits per heavy atom. The van der Waals surface area contributed by atoms with Gasteiger partial charge in [0.2, 0.25) is 10.0 Å². The number of allylic oxidation sites excluding steroid dienone is 1. The van der Waals surface area contributed by atoms with Crippen molar-refractivity contribution in [2.24, 2.45) is 0 Å².